The Morgan fingerprint density at radius 2 is 1.45 bits per heavy atom. The summed E-state index contributed by atoms with van der Waals surface area (Å²) in [6, 6.07) is 38.8. The van der Waals surface area contributed by atoms with Crippen molar-refractivity contribution in [1.29, 1.82) is 0 Å². The van der Waals surface area contributed by atoms with Gasteiger partial charge in [-0.05, 0) is 60.7 Å². The van der Waals surface area contributed by atoms with Crippen LogP contribution in [0.5, 0.6) is 0 Å². The van der Waals surface area contributed by atoms with Crippen LogP contribution in [0.3, 0.4) is 0 Å². The van der Waals surface area contributed by atoms with Crippen LogP contribution in [0, 0.1) is 6.92 Å². The Morgan fingerprint density at radius 1 is 0.789 bits per heavy atom. The average Bonchev–Trinajstić information content (AvgIpc) is 3.55. The van der Waals surface area contributed by atoms with E-state index in [1.807, 2.05) is 103 Å². The molecule has 1 aliphatic heterocycles. The Hall–Kier alpha value is -4.68. The summed E-state index contributed by atoms with van der Waals surface area (Å²) in [5.41, 5.74) is 8.10. The SMILES string of the molecule is Cc1ccc(NC2=NC(=O)S/C2=C\c2ccc(-n3nc(-c4ccccc4)cc3-c3ccccc3)cc2)cc1. The van der Waals surface area contributed by atoms with E-state index in [1.165, 1.54) is 5.56 Å². The van der Waals surface area contributed by atoms with E-state index in [0.717, 1.165) is 56.1 Å². The number of carbonyl (C=O) groups is 1. The summed E-state index contributed by atoms with van der Waals surface area (Å²) in [7, 11) is 0. The maximum atomic E-state index is 12.1. The van der Waals surface area contributed by atoms with Crippen molar-refractivity contribution in [3.05, 3.63) is 131 Å². The Morgan fingerprint density at radius 3 is 2.13 bits per heavy atom. The molecule has 5 aromatic rings. The van der Waals surface area contributed by atoms with Crippen molar-refractivity contribution in [2.45, 2.75) is 6.92 Å². The number of hydrogen-bond acceptors (Lipinski definition) is 4. The fourth-order valence-corrected chi connectivity index (χ4v) is 4.99. The van der Waals surface area contributed by atoms with Gasteiger partial charge in [0.2, 0.25) is 0 Å². The monoisotopic (exact) mass is 512 g/mol. The standard InChI is InChI=1S/C32H24N4OS/c1-22-12-16-26(17-13-22)33-31-30(38-32(37)34-31)20-23-14-18-27(19-15-23)36-29(25-10-6-3-7-11-25)21-28(35-36)24-8-4-2-5-9-24/h2-21H,1H3,(H,33,34,37)/b30-20-. The van der Waals surface area contributed by atoms with Gasteiger partial charge in [0.1, 0.15) is 5.84 Å². The van der Waals surface area contributed by atoms with E-state index in [9.17, 15) is 4.79 Å². The molecule has 38 heavy (non-hydrogen) atoms. The van der Waals surface area contributed by atoms with Crippen molar-refractivity contribution in [3.8, 4) is 28.2 Å². The molecule has 0 fully saturated rings. The topological polar surface area (TPSA) is 59.3 Å². The van der Waals surface area contributed by atoms with Crippen LogP contribution in [0.2, 0.25) is 0 Å². The van der Waals surface area contributed by atoms with Gasteiger partial charge in [-0.1, -0.05) is 90.5 Å². The molecule has 0 radical (unpaired) electrons. The smallest absolute Gasteiger partial charge is 0.311 e. The number of aryl methyl sites for hydroxylation is 1. The fraction of sp³-hybridized carbons (Fsp3) is 0.0312. The molecule has 1 N–H and O–H groups in total. The maximum Gasteiger partial charge on any atom is 0.311 e. The largest absolute Gasteiger partial charge is 0.339 e. The molecule has 0 spiro atoms. The predicted molar refractivity (Wildman–Crippen MR) is 158 cm³/mol. The summed E-state index contributed by atoms with van der Waals surface area (Å²) in [4.78, 5) is 17.1. The Balaban J connectivity index is 1.31. The van der Waals surface area contributed by atoms with Crippen LogP contribution >= 0.6 is 11.8 Å². The molecule has 6 rings (SSSR count). The zero-order valence-electron chi connectivity index (χ0n) is 20.7. The number of nitrogens with zero attached hydrogens (tertiary/aromatic N) is 3. The number of anilines is 1. The lowest BCUT2D eigenvalue weighted by molar-refractivity contribution is 0.268. The molecule has 4 aromatic carbocycles. The molecule has 0 saturated carbocycles. The number of amides is 1. The highest BCUT2D eigenvalue weighted by molar-refractivity contribution is 8.18. The minimum atomic E-state index is -0.222. The van der Waals surface area contributed by atoms with Gasteiger partial charge in [-0.25, -0.2) is 4.68 Å². The van der Waals surface area contributed by atoms with Gasteiger partial charge in [0.15, 0.2) is 0 Å². The second-order valence-electron chi connectivity index (χ2n) is 8.98. The van der Waals surface area contributed by atoms with Gasteiger partial charge < -0.3 is 5.32 Å². The molecule has 1 aliphatic rings. The van der Waals surface area contributed by atoms with E-state index in [1.54, 1.807) is 0 Å². The number of carbonyl (C=O) groups excluding carboxylic acids is 1. The molecule has 5 nitrogen and oxygen atoms in total. The van der Waals surface area contributed by atoms with Crippen molar-refractivity contribution in [2.24, 2.45) is 4.99 Å². The third-order valence-corrected chi connectivity index (χ3v) is 7.03. The predicted octanol–water partition coefficient (Wildman–Crippen LogP) is 8.23. The molecular formula is C32H24N4OS. The number of aliphatic imine (C=N–C) groups is 1. The van der Waals surface area contributed by atoms with Crippen molar-refractivity contribution >= 4 is 34.6 Å². The van der Waals surface area contributed by atoms with E-state index >= 15 is 0 Å². The maximum absolute atomic E-state index is 12.1. The highest BCUT2D eigenvalue weighted by Crippen LogP contribution is 2.31. The number of hydrogen-bond donors (Lipinski definition) is 1. The molecule has 0 aliphatic carbocycles. The van der Waals surface area contributed by atoms with E-state index in [2.05, 4.69) is 40.6 Å². The molecule has 0 bridgehead atoms. The minimum Gasteiger partial charge on any atom is -0.339 e. The van der Waals surface area contributed by atoms with Crippen LogP contribution in [0.25, 0.3) is 34.3 Å². The number of benzene rings is 4. The number of aromatic nitrogens is 2. The quantitative estimate of drug-likeness (QED) is 0.258. The van der Waals surface area contributed by atoms with Gasteiger partial charge in [0, 0.05) is 16.8 Å². The van der Waals surface area contributed by atoms with Gasteiger partial charge in [0.25, 0.3) is 0 Å². The number of amidine groups is 1. The van der Waals surface area contributed by atoms with Crippen molar-refractivity contribution in [3.63, 3.8) is 0 Å². The zero-order chi connectivity index (χ0) is 25.9. The highest BCUT2D eigenvalue weighted by atomic mass is 32.2. The number of thioether (sulfide) groups is 1. The molecular weight excluding hydrogens is 488 g/mol. The van der Waals surface area contributed by atoms with E-state index in [4.69, 9.17) is 5.10 Å². The summed E-state index contributed by atoms with van der Waals surface area (Å²) in [5, 5.41) is 8.01. The van der Waals surface area contributed by atoms with Crippen LogP contribution in [0.15, 0.2) is 125 Å². The van der Waals surface area contributed by atoms with E-state index < -0.39 is 0 Å². The van der Waals surface area contributed by atoms with Crippen LogP contribution in [0.4, 0.5) is 10.5 Å². The minimum absolute atomic E-state index is 0.222. The second kappa shape index (κ2) is 10.4. The van der Waals surface area contributed by atoms with Crippen LogP contribution in [-0.4, -0.2) is 20.9 Å². The Labute approximate surface area is 225 Å². The molecule has 1 aromatic heterocycles. The van der Waals surface area contributed by atoms with Crippen molar-refractivity contribution in [1.82, 2.24) is 9.78 Å². The summed E-state index contributed by atoms with van der Waals surface area (Å²) >= 11 is 1.13. The molecule has 1 amide bonds. The van der Waals surface area contributed by atoms with E-state index in [0.29, 0.717) is 5.84 Å². The summed E-state index contributed by atoms with van der Waals surface area (Å²) in [6.45, 7) is 2.04. The Kier molecular flexibility index (Phi) is 6.46. The number of rotatable bonds is 5. The highest BCUT2D eigenvalue weighted by Gasteiger charge is 2.22. The molecule has 6 heteroatoms. The first-order chi connectivity index (χ1) is 18.6. The van der Waals surface area contributed by atoms with Gasteiger partial charge >= 0.3 is 5.24 Å². The lowest BCUT2D eigenvalue weighted by Gasteiger charge is -2.09. The second-order valence-corrected chi connectivity index (χ2v) is 9.97. The summed E-state index contributed by atoms with van der Waals surface area (Å²) in [5.74, 6) is 0.568. The lowest BCUT2D eigenvalue weighted by Crippen LogP contribution is -2.10. The van der Waals surface area contributed by atoms with Gasteiger partial charge in [-0.3, -0.25) is 4.79 Å². The van der Waals surface area contributed by atoms with Crippen LogP contribution in [0.1, 0.15) is 11.1 Å². The third kappa shape index (κ3) is 5.08. The van der Waals surface area contributed by atoms with Crippen molar-refractivity contribution < 1.29 is 4.79 Å². The van der Waals surface area contributed by atoms with Gasteiger partial charge in [-0.15, -0.1) is 0 Å². The summed E-state index contributed by atoms with van der Waals surface area (Å²) in [6.07, 6.45) is 1.98. The first-order valence-electron chi connectivity index (χ1n) is 12.3. The van der Waals surface area contributed by atoms with Gasteiger partial charge in [0.05, 0.1) is 22.0 Å². The average molecular weight is 513 g/mol. The normalized spacial score (nSPS) is 14.1. The fourth-order valence-electron chi connectivity index (χ4n) is 4.28. The first-order valence-corrected chi connectivity index (χ1v) is 13.1. The van der Waals surface area contributed by atoms with Crippen molar-refractivity contribution in [2.75, 3.05) is 5.32 Å². The van der Waals surface area contributed by atoms with Crippen LogP contribution < -0.4 is 5.32 Å². The summed E-state index contributed by atoms with van der Waals surface area (Å²) < 4.78 is 1.98. The first kappa shape index (κ1) is 23.7. The van der Waals surface area contributed by atoms with Gasteiger partial charge in [-0.2, -0.15) is 10.1 Å². The zero-order valence-corrected chi connectivity index (χ0v) is 21.5. The van der Waals surface area contributed by atoms with Crippen LogP contribution in [-0.2, 0) is 0 Å². The third-order valence-electron chi connectivity index (χ3n) is 6.23. The molecule has 184 valence electrons. The molecule has 2 heterocycles. The van der Waals surface area contributed by atoms with E-state index in [-0.39, 0.29) is 5.24 Å². The molecule has 0 atom stereocenters. The Bertz CT molecular complexity index is 1650. The lowest BCUT2D eigenvalue weighted by atomic mass is 10.1. The molecule has 0 saturated heterocycles. The number of nitrogens with one attached hydrogen (secondary N) is 1. The molecule has 0 unspecified atom stereocenters.